The molecule has 0 heterocycles. The predicted molar refractivity (Wildman–Crippen MR) is 98.8 cm³/mol. The Balaban J connectivity index is 2.03. The van der Waals surface area contributed by atoms with Crippen molar-refractivity contribution in [3.63, 3.8) is 0 Å². The number of carbonyl (C=O) groups is 2. The van der Waals surface area contributed by atoms with E-state index in [0.717, 1.165) is 5.56 Å². The van der Waals surface area contributed by atoms with Crippen LogP contribution < -0.4 is 15.8 Å². The van der Waals surface area contributed by atoms with Gasteiger partial charge in [0, 0.05) is 12.0 Å². The number of para-hydroxylation sites is 1. The lowest BCUT2D eigenvalue weighted by atomic mass is 9.84. The Kier molecular flexibility index (Phi) is 6.74. The number of nitrogens with one attached hydrogen (secondary N) is 1. The van der Waals surface area contributed by atoms with Gasteiger partial charge in [0.1, 0.15) is 5.75 Å². The van der Waals surface area contributed by atoms with Crippen molar-refractivity contribution in [2.75, 3.05) is 19.8 Å². The van der Waals surface area contributed by atoms with Gasteiger partial charge in [0.25, 0.3) is 11.8 Å². The number of nitrogens with two attached hydrogens (primary N) is 1. The second-order valence-corrected chi connectivity index (χ2v) is 6.56. The van der Waals surface area contributed by atoms with Crippen LogP contribution in [0.5, 0.6) is 5.75 Å². The number of hydrogen-bond donors (Lipinski definition) is 3. The molecule has 2 rings (SSSR count). The molecule has 0 aliphatic carbocycles. The summed E-state index contributed by atoms with van der Waals surface area (Å²) in [6.45, 7) is 1.84. The first kappa shape index (κ1) is 19.5. The molecule has 6 heteroatoms. The van der Waals surface area contributed by atoms with E-state index in [4.69, 9.17) is 10.5 Å². The number of rotatable bonds is 9. The second kappa shape index (κ2) is 9.01. The fraction of sp³-hybridized carbons (Fsp3) is 0.300. The topological polar surface area (TPSA) is 102 Å². The standard InChI is InChI=1S/C20H24N2O4/c1-20(14-23,11-15-7-3-2-4-8-15)13-22-19(25)16-9-5-6-10-17(16)26-12-18(21)24/h2-10,23H,11-14H2,1H3,(H2,21,24)(H,22,25)/t20-/m1/s1. The maximum absolute atomic E-state index is 12.5. The van der Waals surface area contributed by atoms with Crippen LogP contribution in [-0.4, -0.2) is 36.7 Å². The summed E-state index contributed by atoms with van der Waals surface area (Å²) in [4.78, 5) is 23.4. The average Bonchev–Trinajstić information content (AvgIpc) is 2.65. The van der Waals surface area contributed by atoms with E-state index in [1.165, 1.54) is 0 Å². The summed E-state index contributed by atoms with van der Waals surface area (Å²) in [6, 6.07) is 16.4. The fourth-order valence-electron chi connectivity index (χ4n) is 2.58. The highest BCUT2D eigenvalue weighted by molar-refractivity contribution is 5.97. The summed E-state index contributed by atoms with van der Waals surface area (Å²) in [5.41, 5.74) is 5.98. The van der Waals surface area contributed by atoms with E-state index in [1.54, 1.807) is 24.3 Å². The van der Waals surface area contributed by atoms with Crippen LogP contribution in [0.4, 0.5) is 0 Å². The molecule has 2 amide bonds. The molecule has 0 spiro atoms. The van der Waals surface area contributed by atoms with Crippen LogP contribution in [0.3, 0.4) is 0 Å². The van der Waals surface area contributed by atoms with Gasteiger partial charge in [-0.15, -0.1) is 0 Å². The highest BCUT2D eigenvalue weighted by Crippen LogP contribution is 2.22. The van der Waals surface area contributed by atoms with Crippen molar-refractivity contribution < 1.29 is 19.4 Å². The third-order valence-corrected chi connectivity index (χ3v) is 4.03. The van der Waals surface area contributed by atoms with Crippen molar-refractivity contribution >= 4 is 11.8 Å². The van der Waals surface area contributed by atoms with E-state index in [-0.39, 0.29) is 24.9 Å². The molecule has 26 heavy (non-hydrogen) atoms. The van der Waals surface area contributed by atoms with Crippen LogP contribution in [0.15, 0.2) is 54.6 Å². The number of ether oxygens (including phenoxy) is 1. The molecule has 2 aromatic carbocycles. The van der Waals surface area contributed by atoms with Gasteiger partial charge in [-0.3, -0.25) is 9.59 Å². The van der Waals surface area contributed by atoms with Crippen LogP contribution in [0, 0.1) is 5.41 Å². The molecular weight excluding hydrogens is 332 g/mol. The highest BCUT2D eigenvalue weighted by Gasteiger charge is 2.25. The largest absolute Gasteiger partial charge is 0.483 e. The molecule has 138 valence electrons. The lowest BCUT2D eigenvalue weighted by molar-refractivity contribution is -0.119. The van der Waals surface area contributed by atoms with Crippen molar-refractivity contribution in [1.82, 2.24) is 5.32 Å². The molecule has 6 nitrogen and oxygen atoms in total. The summed E-state index contributed by atoms with van der Waals surface area (Å²) in [5.74, 6) is -0.661. The van der Waals surface area contributed by atoms with E-state index in [9.17, 15) is 14.7 Å². The van der Waals surface area contributed by atoms with E-state index in [1.807, 2.05) is 37.3 Å². The monoisotopic (exact) mass is 356 g/mol. The van der Waals surface area contributed by atoms with Crippen molar-refractivity contribution in [2.24, 2.45) is 11.1 Å². The maximum atomic E-state index is 12.5. The number of benzene rings is 2. The summed E-state index contributed by atoms with van der Waals surface area (Å²) in [7, 11) is 0. The number of aliphatic hydroxyl groups excluding tert-OH is 1. The zero-order chi connectivity index (χ0) is 19.0. The minimum absolute atomic E-state index is 0.0675. The third-order valence-electron chi connectivity index (χ3n) is 4.03. The van der Waals surface area contributed by atoms with Gasteiger partial charge in [0.05, 0.1) is 12.2 Å². The zero-order valence-corrected chi connectivity index (χ0v) is 14.8. The summed E-state index contributed by atoms with van der Waals surface area (Å²) in [5, 5.41) is 12.6. The van der Waals surface area contributed by atoms with Crippen LogP contribution in [0.25, 0.3) is 0 Å². The van der Waals surface area contributed by atoms with Gasteiger partial charge >= 0.3 is 0 Å². The van der Waals surface area contributed by atoms with E-state index >= 15 is 0 Å². The molecule has 4 N–H and O–H groups in total. The first-order valence-corrected chi connectivity index (χ1v) is 8.37. The van der Waals surface area contributed by atoms with E-state index in [0.29, 0.717) is 18.5 Å². The fourth-order valence-corrected chi connectivity index (χ4v) is 2.58. The normalized spacial score (nSPS) is 12.8. The predicted octanol–water partition coefficient (Wildman–Crippen LogP) is 1.52. The van der Waals surface area contributed by atoms with Crippen molar-refractivity contribution in [2.45, 2.75) is 13.3 Å². The lowest BCUT2D eigenvalue weighted by Gasteiger charge is -2.28. The summed E-state index contributed by atoms with van der Waals surface area (Å²) < 4.78 is 5.29. The van der Waals surface area contributed by atoms with Gasteiger partial charge in [-0.1, -0.05) is 49.4 Å². The second-order valence-electron chi connectivity index (χ2n) is 6.56. The molecule has 0 saturated carbocycles. The van der Waals surface area contributed by atoms with Crippen LogP contribution >= 0.6 is 0 Å². The molecule has 2 aromatic rings. The number of hydrogen-bond acceptors (Lipinski definition) is 4. The van der Waals surface area contributed by atoms with Crippen molar-refractivity contribution in [3.8, 4) is 5.75 Å². The number of aliphatic hydroxyl groups is 1. The van der Waals surface area contributed by atoms with Gasteiger partial charge in [-0.2, -0.15) is 0 Å². The first-order valence-electron chi connectivity index (χ1n) is 8.37. The van der Waals surface area contributed by atoms with Gasteiger partial charge in [-0.05, 0) is 24.1 Å². The smallest absolute Gasteiger partial charge is 0.255 e. The van der Waals surface area contributed by atoms with Crippen molar-refractivity contribution in [1.29, 1.82) is 0 Å². The molecule has 0 aromatic heterocycles. The minimum atomic E-state index is -0.615. The highest BCUT2D eigenvalue weighted by atomic mass is 16.5. The number of carbonyl (C=O) groups excluding carboxylic acids is 2. The van der Waals surface area contributed by atoms with Gasteiger partial charge in [-0.25, -0.2) is 0 Å². The molecule has 1 atom stereocenters. The van der Waals surface area contributed by atoms with E-state index in [2.05, 4.69) is 5.32 Å². The zero-order valence-electron chi connectivity index (χ0n) is 14.8. The van der Waals surface area contributed by atoms with Crippen LogP contribution in [0.1, 0.15) is 22.8 Å². The molecule has 0 saturated heterocycles. The Bertz CT molecular complexity index is 748. The summed E-state index contributed by atoms with van der Waals surface area (Å²) in [6.07, 6.45) is 0.629. The van der Waals surface area contributed by atoms with Crippen LogP contribution in [-0.2, 0) is 11.2 Å². The molecule has 0 bridgehead atoms. The SMILES string of the molecule is C[C@](CO)(CNC(=O)c1ccccc1OCC(N)=O)Cc1ccccc1. The van der Waals surface area contributed by atoms with E-state index < -0.39 is 11.3 Å². The molecule has 0 fully saturated rings. The van der Waals surface area contributed by atoms with Gasteiger partial charge < -0.3 is 20.9 Å². The van der Waals surface area contributed by atoms with Crippen molar-refractivity contribution in [3.05, 3.63) is 65.7 Å². The molecule has 0 unspecified atom stereocenters. The average molecular weight is 356 g/mol. The molecule has 0 aliphatic heterocycles. The Morgan fingerprint density at radius 3 is 2.42 bits per heavy atom. The Morgan fingerprint density at radius 2 is 1.77 bits per heavy atom. The quantitative estimate of drug-likeness (QED) is 0.634. The number of primary amides is 1. The minimum Gasteiger partial charge on any atom is -0.483 e. The molecular formula is C20H24N2O4. The lowest BCUT2D eigenvalue weighted by Crippen LogP contribution is -2.39. The Labute approximate surface area is 153 Å². The maximum Gasteiger partial charge on any atom is 0.255 e. The van der Waals surface area contributed by atoms with Crippen LogP contribution in [0.2, 0.25) is 0 Å². The molecule has 0 radical (unpaired) electrons. The van der Waals surface area contributed by atoms with Gasteiger partial charge in [0.15, 0.2) is 6.61 Å². The Morgan fingerprint density at radius 1 is 1.12 bits per heavy atom. The Hall–Kier alpha value is -2.86. The van der Waals surface area contributed by atoms with Gasteiger partial charge in [0.2, 0.25) is 0 Å². The third kappa shape index (κ3) is 5.60. The summed E-state index contributed by atoms with van der Waals surface area (Å²) >= 11 is 0. The molecule has 0 aliphatic rings. The number of amides is 2. The first-order chi connectivity index (χ1) is 12.4.